The highest BCUT2D eigenvalue weighted by atomic mass is 19.2. The third kappa shape index (κ3) is 2.71. The third-order valence-electron chi connectivity index (χ3n) is 4.38. The van der Waals surface area contributed by atoms with E-state index in [1.54, 1.807) is 13.2 Å². The quantitative estimate of drug-likeness (QED) is 0.660. The van der Waals surface area contributed by atoms with Gasteiger partial charge in [-0.15, -0.1) is 0 Å². The molecule has 0 amide bonds. The van der Waals surface area contributed by atoms with Crippen LogP contribution < -0.4 is 11.3 Å². The van der Waals surface area contributed by atoms with Gasteiger partial charge >= 0.3 is 0 Å². The van der Waals surface area contributed by atoms with Crippen molar-refractivity contribution in [3.8, 4) is 0 Å². The average Bonchev–Trinajstić information content (AvgIpc) is 2.44. The van der Waals surface area contributed by atoms with E-state index < -0.39 is 23.3 Å². The number of benzene rings is 1. The molecule has 1 saturated carbocycles. The van der Waals surface area contributed by atoms with Gasteiger partial charge in [0, 0.05) is 12.7 Å². The number of nitrogens with one attached hydrogen (secondary N) is 1. The molecule has 5 heteroatoms. The van der Waals surface area contributed by atoms with Crippen LogP contribution >= 0.6 is 0 Å². The van der Waals surface area contributed by atoms with Gasteiger partial charge in [0.25, 0.3) is 0 Å². The molecule has 0 spiro atoms. The first kappa shape index (κ1) is 15.4. The second kappa shape index (κ2) is 6.16. The maximum absolute atomic E-state index is 14.1. The SMILES string of the molecule is COC1(C(NN)c2cccc(F)c2F)CCCC(C)C1. The Morgan fingerprint density at radius 2 is 2.20 bits per heavy atom. The Morgan fingerprint density at radius 1 is 1.45 bits per heavy atom. The second-order valence-electron chi connectivity index (χ2n) is 5.71. The normalized spacial score (nSPS) is 28.4. The van der Waals surface area contributed by atoms with E-state index in [2.05, 4.69) is 12.3 Å². The van der Waals surface area contributed by atoms with Crippen LogP contribution in [0.1, 0.15) is 44.2 Å². The Hall–Kier alpha value is -1.04. The number of hydrogen-bond donors (Lipinski definition) is 2. The van der Waals surface area contributed by atoms with Crippen molar-refractivity contribution in [2.45, 2.75) is 44.2 Å². The number of nitrogens with two attached hydrogens (primary N) is 1. The molecule has 2 rings (SSSR count). The topological polar surface area (TPSA) is 47.3 Å². The van der Waals surface area contributed by atoms with Gasteiger partial charge in [0.1, 0.15) is 0 Å². The summed E-state index contributed by atoms with van der Waals surface area (Å²) in [5, 5.41) is 0. The molecule has 3 N–H and O–H groups in total. The highest BCUT2D eigenvalue weighted by Crippen LogP contribution is 2.43. The average molecular weight is 284 g/mol. The zero-order chi connectivity index (χ0) is 14.8. The molecule has 1 fully saturated rings. The fourth-order valence-electron chi connectivity index (χ4n) is 3.38. The third-order valence-corrected chi connectivity index (χ3v) is 4.38. The zero-order valence-corrected chi connectivity index (χ0v) is 12.0. The lowest BCUT2D eigenvalue weighted by molar-refractivity contribution is -0.0814. The predicted octanol–water partition coefficient (Wildman–Crippen LogP) is 3.06. The van der Waals surface area contributed by atoms with Crippen LogP contribution in [-0.4, -0.2) is 12.7 Å². The number of rotatable bonds is 4. The summed E-state index contributed by atoms with van der Waals surface area (Å²) >= 11 is 0. The van der Waals surface area contributed by atoms with Crippen molar-refractivity contribution in [1.29, 1.82) is 0 Å². The molecule has 3 nitrogen and oxygen atoms in total. The molecule has 1 aliphatic carbocycles. The Morgan fingerprint density at radius 3 is 2.80 bits per heavy atom. The molecule has 20 heavy (non-hydrogen) atoms. The minimum Gasteiger partial charge on any atom is -0.376 e. The standard InChI is InChI=1S/C15H22F2N2O/c1-10-5-4-8-15(9-10,20-2)14(19-18)11-6-3-7-12(16)13(11)17/h3,6-7,10,14,19H,4-5,8-9,18H2,1-2H3. The second-order valence-corrected chi connectivity index (χ2v) is 5.71. The first-order valence-corrected chi connectivity index (χ1v) is 6.99. The van der Waals surface area contributed by atoms with E-state index in [0.717, 1.165) is 31.7 Å². The van der Waals surface area contributed by atoms with Crippen molar-refractivity contribution < 1.29 is 13.5 Å². The number of hydrazine groups is 1. The number of ether oxygens (including phenoxy) is 1. The Kier molecular flexibility index (Phi) is 4.73. The monoisotopic (exact) mass is 284 g/mol. The largest absolute Gasteiger partial charge is 0.376 e. The highest BCUT2D eigenvalue weighted by molar-refractivity contribution is 5.26. The molecular weight excluding hydrogens is 262 g/mol. The summed E-state index contributed by atoms with van der Waals surface area (Å²) in [6.45, 7) is 2.14. The van der Waals surface area contributed by atoms with Crippen molar-refractivity contribution in [1.82, 2.24) is 5.43 Å². The lowest BCUT2D eigenvalue weighted by Gasteiger charge is -2.44. The molecule has 0 radical (unpaired) electrons. The minimum atomic E-state index is -0.863. The van der Waals surface area contributed by atoms with E-state index in [9.17, 15) is 8.78 Å². The van der Waals surface area contributed by atoms with Crippen LogP contribution in [0, 0.1) is 17.6 Å². The summed E-state index contributed by atoms with van der Waals surface area (Å²) in [7, 11) is 1.61. The van der Waals surface area contributed by atoms with Gasteiger partial charge in [-0.1, -0.05) is 31.9 Å². The van der Waals surface area contributed by atoms with Crippen LogP contribution in [0.25, 0.3) is 0 Å². The highest BCUT2D eigenvalue weighted by Gasteiger charge is 2.43. The molecular formula is C15H22F2N2O. The van der Waals surface area contributed by atoms with Crippen molar-refractivity contribution in [2.75, 3.05) is 7.11 Å². The van der Waals surface area contributed by atoms with Crippen molar-refractivity contribution in [3.05, 3.63) is 35.4 Å². The summed E-state index contributed by atoms with van der Waals surface area (Å²) in [6, 6.07) is 3.59. The van der Waals surface area contributed by atoms with Gasteiger partial charge in [-0.3, -0.25) is 5.84 Å². The summed E-state index contributed by atoms with van der Waals surface area (Å²) in [5.74, 6) is 4.39. The molecule has 1 aliphatic rings. The molecule has 112 valence electrons. The van der Waals surface area contributed by atoms with Crippen LogP contribution in [0.2, 0.25) is 0 Å². The smallest absolute Gasteiger partial charge is 0.163 e. The van der Waals surface area contributed by atoms with E-state index in [4.69, 9.17) is 10.6 Å². The first-order valence-electron chi connectivity index (χ1n) is 6.99. The van der Waals surface area contributed by atoms with Gasteiger partial charge in [-0.2, -0.15) is 0 Å². The van der Waals surface area contributed by atoms with Gasteiger partial charge < -0.3 is 4.74 Å². The summed E-state index contributed by atoms with van der Waals surface area (Å²) in [6.07, 6.45) is 3.66. The van der Waals surface area contributed by atoms with Gasteiger partial charge in [-0.05, 0) is 24.8 Å². The van der Waals surface area contributed by atoms with Gasteiger partial charge in [-0.25, -0.2) is 14.2 Å². The number of hydrogen-bond acceptors (Lipinski definition) is 3. The molecule has 1 aromatic rings. The van der Waals surface area contributed by atoms with Crippen LogP contribution in [0.3, 0.4) is 0 Å². The fraction of sp³-hybridized carbons (Fsp3) is 0.600. The minimum absolute atomic E-state index is 0.225. The van der Waals surface area contributed by atoms with Crippen LogP contribution in [0.15, 0.2) is 18.2 Å². The molecule has 1 aromatic carbocycles. The zero-order valence-electron chi connectivity index (χ0n) is 12.0. The van der Waals surface area contributed by atoms with Gasteiger partial charge in [0.15, 0.2) is 11.6 Å². The lowest BCUT2D eigenvalue weighted by Crippen LogP contribution is -2.50. The lowest BCUT2D eigenvalue weighted by atomic mass is 9.73. The van der Waals surface area contributed by atoms with E-state index >= 15 is 0 Å². The summed E-state index contributed by atoms with van der Waals surface area (Å²) < 4.78 is 33.3. The molecule has 0 bridgehead atoms. The Balaban J connectivity index is 2.41. The molecule has 0 aliphatic heterocycles. The molecule has 0 saturated heterocycles. The van der Waals surface area contributed by atoms with Crippen molar-refractivity contribution >= 4 is 0 Å². The van der Waals surface area contributed by atoms with Crippen LogP contribution in [-0.2, 0) is 4.74 Å². The molecule has 0 heterocycles. The maximum Gasteiger partial charge on any atom is 0.163 e. The first-order chi connectivity index (χ1) is 9.54. The van der Waals surface area contributed by atoms with Crippen LogP contribution in [0.5, 0.6) is 0 Å². The van der Waals surface area contributed by atoms with Gasteiger partial charge in [0.2, 0.25) is 0 Å². The summed E-state index contributed by atoms with van der Waals surface area (Å²) in [4.78, 5) is 0. The van der Waals surface area contributed by atoms with Gasteiger partial charge in [0.05, 0.1) is 11.6 Å². The van der Waals surface area contributed by atoms with E-state index in [1.165, 1.54) is 6.07 Å². The fourth-order valence-corrected chi connectivity index (χ4v) is 3.38. The number of halogens is 2. The maximum atomic E-state index is 14.1. The van der Waals surface area contributed by atoms with Crippen molar-refractivity contribution in [3.63, 3.8) is 0 Å². The van der Waals surface area contributed by atoms with E-state index in [1.807, 2.05) is 0 Å². The van der Waals surface area contributed by atoms with Crippen molar-refractivity contribution in [2.24, 2.45) is 11.8 Å². The Bertz CT molecular complexity index is 469. The Labute approximate surface area is 118 Å². The van der Waals surface area contributed by atoms with E-state index in [-0.39, 0.29) is 5.56 Å². The summed E-state index contributed by atoms with van der Waals surface area (Å²) in [5.41, 5.74) is 2.27. The van der Waals surface area contributed by atoms with E-state index in [0.29, 0.717) is 5.92 Å². The predicted molar refractivity (Wildman–Crippen MR) is 73.8 cm³/mol. The molecule has 3 atom stereocenters. The number of methoxy groups -OCH3 is 1. The molecule has 3 unspecified atom stereocenters. The van der Waals surface area contributed by atoms with Crippen LogP contribution in [0.4, 0.5) is 8.78 Å². The molecule has 0 aromatic heterocycles.